The summed E-state index contributed by atoms with van der Waals surface area (Å²) in [7, 11) is 0. The van der Waals surface area contributed by atoms with Gasteiger partial charge in [-0.25, -0.2) is 4.79 Å². The van der Waals surface area contributed by atoms with Gasteiger partial charge in [0.25, 0.3) is 0 Å². The Morgan fingerprint density at radius 1 is 0.976 bits per heavy atom. The second-order valence-corrected chi connectivity index (χ2v) is 16.6. The number of carbonyl (C=O) groups excluding carboxylic acids is 1. The topological polar surface area (TPSA) is 107 Å². The quantitative estimate of drug-likeness (QED) is 0.200. The van der Waals surface area contributed by atoms with Gasteiger partial charge >= 0.3 is 5.97 Å². The Kier molecular flexibility index (Phi) is 7.34. The molecular formula is C35H56O6. The number of allylic oxidation sites excluding steroid dienone is 3. The smallest absolute Gasteiger partial charge is 0.333 e. The molecule has 0 radical (unpaired) electrons. The van der Waals surface area contributed by atoms with Crippen LogP contribution in [-0.4, -0.2) is 57.4 Å². The van der Waals surface area contributed by atoms with Crippen molar-refractivity contribution in [2.75, 3.05) is 6.61 Å². The summed E-state index contributed by atoms with van der Waals surface area (Å²) in [5.74, 6) is 0.162. The molecule has 6 heteroatoms. The minimum Gasteiger partial charge on any atom is -0.456 e. The number of ether oxygens (including phenoxy) is 1. The van der Waals surface area contributed by atoms with Crippen LogP contribution in [0.25, 0.3) is 0 Å². The molecule has 0 unspecified atom stereocenters. The van der Waals surface area contributed by atoms with Crippen molar-refractivity contribution in [1.29, 1.82) is 0 Å². The number of esters is 1. The Bertz CT molecular complexity index is 1140. The lowest BCUT2D eigenvalue weighted by Crippen LogP contribution is -2.72. The standard InChI is InChI=1S/C35H56O6/c1-10-20(2)29(40)41-28-27(39)35(19-36)22(17-30(28,3)4)21-11-12-24-32(7)15-14-25(37)31(5,6)23(32)13-16-33(24,8)34(21,9)18-26(35)38/h10-11,22-28,36-39H,12-19H2,1-9H3/b20-10+/t22-,23-,24+,25-,26+,27-,28-,32-,33+,34+,35-/m0/s1. The van der Waals surface area contributed by atoms with E-state index in [0.717, 1.165) is 32.1 Å². The van der Waals surface area contributed by atoms with E-state index in [0.29, 0.717) is 30.3 Å². The number of carbonyl (C=O) groups is 1. The minimum absolute atomic E-state index is 0.0647. The van der Waals surface area contributed by atoms with Gasteiger partial charge in [0.15, 0.2) is 0 Å². The monoisotopic (exact) mass is 572 g/mol. The molecular weight excluding hydrogens is 516 g/mol. The lowest BCUT2D eigenvalue weighted by molar-refractivity contribution is -0.260. The van der Waals surface area contributed by atoms with E-state index in [1.165, 1.54) is 5.57 Å². The van der Waals surface area contributed by atoms with Crippen LogP contribution >= 0.6 is 0 Å². The Morgan fingerprint density at radius 3 is 2.24 bits per heavy atom. The Morgan fingerprint density at radius 2 is 1.63 bits per heavy atom. The lowest BCUT2D eigenvalue weighted by Gasteiger charge is -2.72. The van der Waals surface area contributed by atoms with Crippen molar-refractivity contribution in [3.63, 3.8) is 0 Å². The second-order valence-electron chi connectivity index (χ2n) is 16.6. The maximum absolute atomic E-state index is 12.8. The number of hydrogen-bond donors (Lipinski definition) is 4. The molecule has 4 saturated carbocycles. The van der Waals surface area contributed by atoms with Crippen molar-refractivity contribution < 1.29 is 30.0 Å². The molecule has 6 nitrogen and oxygen atoms in total. The molecule has 0 spiro atoms. The summed E-state index contributed by atoms with van der Waals surface area (Å²) >= 11 is 0. The van der Waals surface area contributed by atoms with Crippen LogP contribution in [-0.2, 0) is 9.53 Å². The highest BCUT2D eigenvalue weighted by molar-refractivity contribution is 5.87. The van der Waals surface area contributed by atoms with Crippen molar-refractivity contribution in [3.05, 3.63) is 23.3 Å². The highest BCUT2D eigenvalue weighted by atomic mass is 16.6. The fourth-order valence-electron chi connectivity index (χ4n) is 11.4. The van der Waals surface area contributed by atoms with Crippen LogP contribution in [0.2, 0.25) is 0 Å². The summed E-state index contributed by atoms with van der Waals surface area (Å²) in [5, 5.41) is 46.1. The average Bonchev–Trinajstić information content (AvgIpc) is 2.88. The van der Waals surface area contributed by atoms with Crippen LogP contribution in [0, 0.1) is 50.2 Å². The number of aliphatic hydroxyl groups excluding tert-OH is 4. The largest absolute Gasteiger partial charge is 0.456 e. The van der Waals surface area contributed by atoms with Gasteiger partial charge in [-0.15, -0.1) is 0 Å². The molecule has 5 rings (SSSR count). The zero-order valence-corrected chi connectivity index (χ0v) is 27.0. The predicted molar refractivity (Wildman–Crippen MR) is 160 cm³/mol. The lowest BCUT2D eigenvalue weighted by atomic mass is 9.33. The number of fused-ring (bicyclic) bond motifs is 7. The highest BCUT2D eigenvalue weighted by Gasteiger charge is 2.72. The van der Waals surface area contributed by atoms with Crippen molar-refractivity contribution in [3.8, 4) is 0 Å². The summed E-state index contributed by atoms with van der Waals surface area (Å²) in [4.78, 5) is 12.8. The van der Waals surface area contributed by atoms with E-state index in [9.17, 15) is 25.2 Å². The summed E-state index contributed by atoms with van der Waals surface area (Å²) in [6.07, 6.45) is 6.77. The molecule has 0 aromatic carbocycles. The molecule has 4 N–H and O–H groups in total. The Hall–Kier alpha value is -1.21. The van der Waals surface area contributed by atoms with Crippen LogP contribution in [0.1, 0.15) is 107 Å². The third kappa shape index (κ3) is 3.92. The maximum atomic E-state index is 12.8. The first-order valence-electron chi connectivity index (χ1n) is 16.1. The van der Waals surface area contributed by atoms with Crippen molar-refractivity contribution in [2.45, 2.75) is 132 Å². The van der Waals surface area contributed by atoms with Gasteiger partial charge in [0.2, 0.25) is 0 Å². The van der Waals surface area contributed by atoms with E-state index < -0.39 is 35.1 Å². The molecule has 0 amide bonds. The fraction of sp³-hybridized carbons (Fsp3) is 0.857. The third-order valence-corrected chi connectivity index (χ3v) is 14.3. The fourth-order valence-corrected chi connectivity index (χ4v) is 11.4. The minimum atomic E-state index is -1.20. The normalized spacial score (nSPS) is 50.4. The summed E-state index contributed by atoms with van der Waals surface area (Å²) < 4.78 is 5.94. The van der Waals surface area contributed by atoms with Gasteiger partial charge in [-0.1, -0.05) is 66.2 Å². The molecule has 0 bridgehead atoms. The number of hydrogen-bond acceptors (Lipinski definition) is 6. The van der Waals surface area contributed by atoms with E-state index in [1.54, 1.807) is 19.9 Å². The average molecular weight is 573 g/mol. The van der Waals surface area contributed by atoms with Crippen LogP contribution < -0.4 is 0 Å². The first-order valence-corrected chi connectivity index (χ1v) is 16.1. The van der Waals surface area contributed by atoms with Crippen molar-refractivity contribution in [1.82, 2.24) is 0 Å². The van der Waals surface area contributed by atoms with Gasteiger partial charge in [0, 0.05) is 11.0 Å². The molecule has 4 fully saturated rings. The molecule has 0 aromatic rings. The van der Waals surface area contributed by atoms with Crippen LogP contribution in [0.4, 0.5) is 0 Å². The van der Waals surface area contributed by atoms with Gasteiger partial charge in [-0.05, 0) is 98.2 Å². The molecule has 0 aromatic heterocycles. The van der Waals surface area contributed by atoms with Crippen LogP contribution in [0.3, 0.4) is 0 Å². The zero-order chi connectivity index (χ0) is 30.6. The van der Waals surface area contributed by atoms with E-state index in [-0.39, 0.29) is 40.3 Å². The summed E-state index contributed by atoms with van der Waals surface area (Å²) in [6.45, 7) is 18.9. The maximum Gasteiger partial charge on any atom is 0.333 e. The summed E-state index contributed by atoms with van der Waals surface area (Å²) in [5.41, 5.74) is -0.416. The molecule has 0 aliphatic heterocycles. The van der Waals surface area contributed by atoms with Crippen LogP contribution in [0.5, 0.6) is 0 Å². The Balaban J connectivity index is 1.58. The first kappa shape index (κ1) is 31.2. The van der Waals surface area contributed by atoms with E-state index >= 15 is 0 Å². The number of rotatable bonds is 3. The van der Waals surface area contributed by atoms with Gasteiger partial charge in [-0.2, -0.15) is 0 Å². The van der Waals surface area contributed by atoms with Gasteiger partial charge in [-0.3, -0.25) is 0 Å². The van der Waals surface area contributed by atoms with E-state index in [2.05, 4.69) is 40.7 Å². The Labute approximate surface area is 247 Å². The molecule has 11 atom stereocenters. The molecule has 41 heavy (non-hydrogen) atoms. The van der Waals surface area contributed by atoms with Crippen LogP contribution in [0.15, 0.2) is 23.3 Å². The van der Waals surface area contributed by atoms with Gasteiger partial charge < -0.3 is 25.2 Å². The SMILES string of the molecule is C/C=C(\C)C(=O)O[C@H]1[C@H](O)[C@]2(CO)[C@H](O)C[C@]3(C)C(=CC[C@@H]4[C@@]5(C)CC[C@H](O)C(C)(C)[C@@H]5CC[C@]43C)[C@@H]2CC1(C)C. The molecule has 0 saturated heterocycles. The van der Waals surface area contributed by atoms with Gasteiger partial charge in [0.05, 0.1) is 24.2 Å². The van der Waals surface area contributed by atoms with E-state index in [4.69, 9.17) is 4.74 Å². The zero-order valence-electron chi connectivity index (χ0n) is 27.0. The van der Waals surface area contributed by atoms with Gasteiger partial charge in [0.1, 0.15) is 12.2 Å². The second kappa shape index (κ2) is 9.64. The summed E-state index contributed by atoms with van der Waals surface area (Å²) in [6, 6.07) is 0. The predicted octanol–water partition coefficient (Wildman–Crippen LogP) is 5.57. The molecule has 0 heterocycles. The number of aliphatic hydroxyl groups is 4. The van der Waals surface area contributed by atoms with E-state index in [1.807, 2.05) is 13.8 Å². The highest BCUT2D eigenvalue weighted by Crippen LogP contribution is 2.75. The first-order chi connectivity index (χ1) is 18.9. The van der Waals surface area contributed by atoms with Crippen molar-refractivity contribution in [2.24, 2.45) is 50.2 Å². The molecule has 5 aliphatic carbocycles. The molecule has 5 aliphatic rings. The third-order valence-electron chi connectivity index (χ3n) is 14.3. The molecule has 232 valence electrons. The van der Waals surface area contributed by atoms with Crippen molar-refractivity contribution >= 4 is 5.97 Å².